The lowest BCUT2D eigenvalue weighted by atomic mass is 10.0. The molecule has 6 nitrogen and oxygen atoms in total. The molecule has 1 amide bonds. The van der Waals surface area contributed by atoms with Crippen LogP contribution in [0.4, 0.5) is 11.4 Å². The molecule has 0 atom stereocenters. The van der Waals surface area contributed by atoms with Crippen LogP contribution in [-0.2, 0) is 14.8 Å². The van der Waals surface area contributed by atoms with E-state index in [4.69, 9.17) is 11.6 Å². The highest BCUT2D eigenvalue weighted by atomic mass is 35.5. The monoisotopic (exact) mass is 531 g/mol. The molecule has 10 heteroatoms. The van der Waals surface area contributed by atoms with Crippen molar-refractivity contribution in [1.82, 2.24) is 4.98 Å². The standard InChI is InChI=1S/C24H22ClN3O3S3/c1-15(2)16-3-7-18(8-4-16)26-23(29)14-32-24-27-21-12-9-19(13-22(21)33-24)28-34(30,31)20-10-5-17(25)6-11-20/h3-13,15,28H,14H2,1-2H3,(H,26,29). The van der Waals surface area contributed by atoms with Gasteiger partial charge >= 0.3 is 0 Å². The maximum Gasteiger partial charge on any atom is 0.261 e. The topological polar surface area (TPSA) is 88.2 Å². The van der Waals surface area contributed by atoms with Gasteiger partial charge < -0.3 is 5.32 Å². The van der Waals surface area contributed by atoms with Crippen LogP contribution in [0, 0.1) is 0 Å². The first-order valence-corrected chi connectivity index (χ1v) is 14.1. The summed E-state index contributed by atoms with van der Waals surface area (Å²) >= 11 is 8.59. The zero-order valence-electron chi connectivity index (χ0n) is 18.4. The fourth-order valence-corrected chi connectivity index (χ4v) is 6.22. The van der Waals surface area contributed by atoms with E-state index in [0.717, 1.165) is 20.2 Å². The SMILES string of the molecule is CC(C)c1ccc(NC(=O)CSc2nc3ccc(NS(=O)(=O)c4ccc(Cl)cc4)cc3s2)cc1. The molecule has 1 aromatic heterocycles. The number of aromatic nitrogens is 1. The number of amides is 1. The van der Waals surface area contributed by atoms with E-state index in [0.29, 0.717) is 16.6 Å². The molecule has 176 valence electrons. The van der Waals surface area contributed by atoms with Crippen molar-refractivity contribution in [2.45, 2.75) is 29.0 Å². The Morgan fingerprint density at radius 3 is 2.38 bits per heavy atom. The van der Waals surface area contributed by atoms with Crippen LogP contribution in [0.3, 0.4) is 0 Å². The molecule has 2 N–H and O–H groups in total. The molecule has 4 aromatic rings. The van der Waals surface area contributed by atoms with Crippen LogP contribution in [0.2, 0.25) is 5.02 Å². The van der Waals surface area contributed by atoms with E-state index < -0.39 is 10.0 Å². The van der Waals surface area contributed by atoms with Crippen LogP contribution in [-0.4, -0.2) is 25.1 Å². The van der Waals surface area contributed by atoms with E-state index in [9.17, 15) is 13.2 Å². The van der Waals surface area contributed by atoms with E-state index in [-0.39, 0.29) is 16.6 Å². The van der Waals surface area contributed by atoms with Crippen LogP contribution in [0.15, 0.2) is 76.0 Å². The Labute approximate surface area is 211 Å². The predicted molar refractivity (Wildman–Crippen MR) is 142 cm³/mol. The molecule has 0 fully saturated rings. The third kappa shape index (κ3) is 6.09. The second-order valence-electron chi connectivity index (χ2n) is 7.84. The highest BCUT2D eigenvalue weighted by Gasteiger charge is 2.15. The Hall–Kier alpha value is -2.59. The molecule has 3 aromatic carbocycles. The molecular weight excluding hydrogens is 510 g/mol. The normalized spacial score (nSPS) is 11.6. The third-order valence-electron chi connectivity index (χ3n) is 4.93. The van der Waals surface area contributed by atoms with E-state index in [1.54, 1.807) is 18.2 Å². The lowest BCUT2D eigenvalue weighted by Gasteiger charge is -2.08. The molecule has 34 heavy (non-hydrogen) atoms. The zero-order chi connectivity index (χ0) is 24.3. The van der Waals surface area contributed by atoms with Gasteiger partial charge in [-0.3, -0.25) is 9.52 Å². The van der Waals surface area contributed by atoms with Gasteiger partial charge in [0.25, 0.3) is 10.0 Å². The fraction of sp³-hybridized carbons (Fsp3) is 0.167. The number of benzene rings is 3. The third-order valence-corrected chi connectivity index (χ3v) is 8.74. The zero-order valence-corrected chi connectivity index (χ0v) is 21.6. The molecule has 0 aliphatic rings. The molecule has 1 heterocycles. The van der Waals surface area contributed by atoms with Crippen molar-refractivity contribution in [1.29, 1.82) is 0 Å². The molecule has 0 spiro atoms. The number of hydrogen-bond acceptors (Lipinski definition) is 6. The van der Waals surface area contributed by atoms with Gasteiger partial charge in [0.15, 0.2) is 4.34 Å². The van der Waals surface area contributed by atoms with E-state index in [1.807, 2.05) is 24.3 Å². The number of thioether (sulfide) groups is 1. The van der Waals surface area contributed by atoms with Crippen molar-refractivity contribution >= 4 is 72.2 Å². The average Bonchev–Trinajstić information content (AvgIpc) is 3.20. The average molecular weight is 532 g/mol. The maximum atomic E-state index is 12.6. The van der Waals surface area contributed by atoms with Crippen molar-refractivity contribution in [2.24, 2.45) is 0 Å². The molecule has 4 rings (SSSR count). The summed E-state index contributed by atoms with van der Waals surface area (Å²) in [5, 5.41) is 3.36. The van der Waals surface area contributed by atoms with Crippen molar-refractivity contribution in [2.75, 3.05) is 15.8 Å². The van der Waals surface area contributed by atoms with E-state index >= 15 is 0 Å². The first-order chi connectivity index (χ1) is 16.2. The van der Waals surface area contributed by atoms with Gasteiger partial charge in [-0.1, -0.05) is 49.3 Å². The van der Waals surface area contributed by atoms with Crippen molar-refractivity contribution in [3.05, 3.63) is 77.3 Å². The largest absolute Gasteiger partial charge is 0.325 e. The second-order valence-corrected chi connectivity index (χ2v) is 12.2. The molecule has 0 unspecified atom stereocenters. The first kappa shape index (κ1) is 24.5. The Morgan fingerprint density at radius 2 is 1.71 bits per heavy atom. The summed E-state index contributed by atoms with van der Waals surface area (Å²) in [5.74, 6) is 0.549. The predicted octanol–water partition coefficient (Wildman–Crippen LogP) is 6.60. The summed E-state index contributed by atoms with van der Waals surface area (Å²) in [5.41, 5.74) is 3.16. The van der Waals surface area contributed by atoms with Gasteiger partial charge in [0, 0.05) is 10.7 Å². The summed E-state index contributed by atoms with van der Waals surface area (Å²) in [6.45, 7) is 4.25. The van der Waals surface area contributed by atoms with Gasteiger partial charge in [-0.05, 0) is 66.1 Å². The lowest BCUT2D eigenvalue weighted by molar-refractivity contribution is -0.113. The van der Waals surface area contributed by atoms with Gasteiger partial charge in [-0.2, -0.15) is 0 Å². The molecule has 0 bridgehead atoms. The molecular formula is C24H22ClN3O3S3. The smallest absolute Gasteiger partial charge is 0.261 e. The van der Waals surface area contributed by atoms with Crippen molar-refractivity contribution in [3.8, 4) is 0 Å². The minimum absolute atomic E-state index is 0.113. The molecule has 0 saturated carbocycles. The summed E-state index contributed by atoms with van der Waals surface area (Å²) in [4.78, 5) is 17.0. The number of carbonyl (C=O) groups excluding carboxylic acids is 1. The van der Waals surface area contributed by atoms with Crippen molar-refractivity contribution in [3.63, 3.8) is 0 Å². The number of rotatable bonds is 8. The summed E-state index contributed by atoms with van der Waals surface area (Å²) in [6, 6.07) is 19.0. The molecule has 0 radical (unpaired) electrons. The minimum atomic E-state index is -3.73. The van der Waals surface area contributed by atoms with Gasteiger partial charge in [0.05, 0.1) is 26.6 Å². The second kappa shape index (κ2) is 10.4. The van der Waals surface area contributed by atoms with Crippen LogP contribution < -0.4 is 10.0 Å². The quantitative estimate of drug-likeness (QED) is 0.250. The van der Waals surface area contributed by atoms with Gasteiger partial charge in [0.1, 0.15) is 0 Å². The van der Waals surface area contributed by atoms with Gasteiger partial charge in [-0.15, -0.1) is 11.3 Å². The van der Waals surface area contributed by atoms with E-state index in [2.05, 4.69) is 28.9 Å². The molecule has 0 saturated heterocycles. The fourth-order valence-electron chi connectivity index (χ4n) is 3.13. The Bertz CT molecular complexity index is 1420. The number of carbonyl (C=O) groups is 1. The number of nitrogens with one attached hydrogen (secondary N) is 2. The number of hydrogen-bond donors (Lipinski definition) is 2. The number of thiazole rings is 1. The summed E-state index contributed by atoms with van der Waals surface area (Å²) in [6.07, 6.45) is 0. The lowest BCUT2D eigenvalue weighted by Crippen LogP contribution is -2.13. The molecule has 0 aliphatic carbocycles. The Kier molecular flexibility index (Phi) is 7.47. The van der Waals surface area contributed by atoms with Crippen LogP contribution in [0.25, 0.3) is 10.2 Å². The highest BCUT2D eigenvalue weighted by Crippen LogP contribution is 2.32. The minimum Gasteiger partial charge on any atom is -0.325 e. The van der Waals surface area contributed by atoms with Crippen LogP contribution >= 0.6 is 34.7 Å². The Balaban J connectivity index is 1.39. The van der Waals surface area contributed by atoms with E-state index in [1.165, 1.54) is 52.9 Å². The number of nitrogens with zero attached hydrogens (tertiary/aromatic N) is 1. The summed E-state index contributed by atoms with van der Waals surface area (Å²) in [7, 11) is -3.73. The van der Waals surface area contributed by atoms with Gasteiger partial charge in [-0.25, -0.2) is 13.4 Å². The number of sulfonamides is 1. The number of halogens is 1. The van der Waals surface area contributed by atoms with Gasteiger partial charge in [0.2, 0.25) is 5.91 Å². The summed E-state index contributed by atoms with van der Waals surface area (Å²) < 4.78 is 29.4. The highest BCUT2D eigenvalue weighted by molar-refractivity contribution is 8.01. The van der Waals surface area contributed by atoms with Crippen LogP contribution in [0.1, 0.15) is 25.3 Å². The number of anilines is 2. The molecule has 0 aliphatic heterocycles. The van der Waals surface area contributed by atoms with Crippen molar-refractivity contribution < 1.29 is 13.2 Å². The van der Waals surface area contributed by atoms with Crippen LogP contribution in [0.5, 0.6) is 0 Å². The maximum absolute atomic E-state index is 12.6. The number of fused-ring (bicyclic) bond motifs is 1. The first-order valence-electron chi connectivity index (χ1n) is 10.4. The Morgan fingerprint density at radius 1 is 1.03 bits per heavy atom.